The number of fused-ring (bicyclic) bond motifs is 2. The maximum atomic E-state index is 13.1. The van der Waals surface area contributed by atoms with Crippen LogP contribution >= 0.6 is 0 Å². The zero-order valence-electron chi connectivity index (χ0n) is 14.0. The lowest BCUT2D eigenvalue weighted by molar-refractivity contribution is -0.116. The van der Waals surface area contributed by atoms with Crippen molar-refractivity contribution in [1.82, 2.24) is 20.2 Å². The number of carbonyl (C=O) groups excluding carboxylic acids is 1. The molecule has 1 aromatic heterocycles. The van der Waals surface area contributed by atoms with E-state index in [2.05, 4.69) is 20.7 Å². The van der Waals surface area contributed by atoms with Gasteiger partial charge in [-0.05, 0) is 36.1 Å². The molecule has 1 saturated carbocycles. The van der Waals surface area contributed by atoms with Crippen molar-refractivity contribution in [2.75, 3.05) is 5.32 Å². The van der Waals surface area contributed by atoms with Crippen LogP contribution in [-0.2, 0) is 11.3 Å². The molecule has 1 aliphatic heterocycles. The molecule has 2 aromatic carbocycles. The van der Waals surface area contributed by atoms with E-state index in [0.717, 1.165) is 17.7 Å². The van der Waals surface area contributed by atoms with Gasteiger partial charge in [-0.15, -0.1) is 5.10 Å². The summed E-state index contributed by atoms with van der Waals surface area (Å²) in [4.78, 5) is 14.6. The molecule has 0 saturated heterocycles. The van der Waals surface area contributed by atoms with Crippen molar-refractivity contribution < 1.29 is 9.53 Å². The van der Waals surface area contributed by atoms with Gasteiger partial charge in [0.1, 0.15) is 11.5 Å². The van der Waals surface area contributed by atoms with Gasteiger partial charge in [-0.25, -0.2) is 0 Å². The summed E-state index contributed by atoms with van der Waals surface area (Å²) in [5.41, 5.74) is 1.66. The van der Waals surface area contributed by atoms with Crippen molar-refractivity contribution >= 4 is 11.9 Å². The summed E-state index contributed by atoms with van der Waals surface area (Å²) in [6, 6.07) is 15.2. The molecule has 0 bridgehead atoms. The second kappa shape index (κ2) is 5.94. The second-order valence-electron chi connectivity index (χ2n) is 6.71. The zero-order chi connectivity index (χ0) is 17.5. The van der Waals surface area contributed by atoms with Gasteiger partial charge in [-0.3, -0.25) is 10.1 Å². The van der Waals surface area contributed by atoms with E-state index in [-0.39, 0.29) is 11.9 Å². The van der Waals surface area contributed by atoms with Gasteiger partial charge in [0.05, 0.1) is 12.5 Å². The lowest BCUT2D eigenvalue weighted by atomic mass is 9.87. The minimum absolute atomic E-state index is 0.195. The Hall–Kier alpha value is -3.22. The highest BCUT2D eigenvalue weighted by atomic mass is 16.5. The number of nitrogens with zero attached hydrogens (tertiary/aromatic N) is 4. The van der Waals surface area contributed by atoms with E-state index in [1.165, 1.54) is 12.8 Å². The summed E-state index contributed by atoms with van der Waals surface area (Å²) >= 11 is 0. The molecule has 2 aliphatic rings. The quantitative estimate of drug-likeness (QED) is 0.785. The molecule has 1 aliphatic carbocycles. The second-order valence-corrected chi connectivity index (χ2v) is 6.71. The largest absolute Gasteiger partial charge is 0.457 e. The lowest BCUT2D eigenvalue weighted by Gasteiger charge is -2.26. The molecular formula is C19H17N5O2. The minimum atomic E-state index is -0.480. The number of rotatable bonds is 4. The summed E-state index contributed by atoms with van der Waals surface area (Å²) in [5, 5.41) is 15.1. The third kappa shape index (κ3) is 2.71. The fourth-order valence-corrected chi connectivity index (χ4v) is 3.28. The molecule has 5 rings (SSSR count). The maximum Gasteiger partial charge on any atom is 0.270 e. The molecule has 0 unspecified atom stereocenters. The van der Waals surface area contributed by atoms with Crippen molar-refractivity contribution in [3.05, 3.63) is 59.7 Å². The third-order valence-electron chi connectivity index (χ3n) is 4.75. The Kier molecular flexibility index (Phi) is 3.44. The van der Waals surface area contributed by atoms with E-state index >= 15 is 0 Å². The van der Waals surface area contributed by atoms with Crippen LogP contribution < -0.4 is 10.1 Å². The first-order valence-corrected chi connectivity index (χ1v) is 8.72. The molecule has 2 heterocycles. The molecule has 1 amide bonds. The van der Waals surface area contributed by atoms with Crippen molar-refractivity contribution in [2.24, 2.45) is 5.92 Å². The molecule has 0 spiro atoms. The predicted octanol–water partition coefficient (Wildman–Crippen LogP) is 2.96. The molecule has 1 fully saturated rings. The lowest BCUT2D eigenvalue weighted by Crippen LogP contribution is -2.25. The number of hydrogen-bond acceptors (Lipinski definition) is 5. The molecule has 130 valence electrons. The monoisotopic (exact) mass is 347 g/mol. The molecule has 3 aromatic rings. The van der Waals surface area contributed by atoms with Crippen molar-refractivity contribution in [3.8, 4) is 11.5 Å². The Morgan fingerprint density at radius 2 is 1.73 bits per heavy atom. The fourth-order valence-electron chi connectivity index (χ4n) is 3.28. The number of benzene rings is 2. The van der Waals surface area contributed by atoms with Crippen molar-refractivity contribution in [3.63, 3.8) is 0 Å². The van der Waals surface area contributed by atoms with Gasteiger partial charge < -0.3 is 4.74 Å². The van der Waals surface area contributed by atoms with Gasteiger partial charge >= 0.3 is 0 Å². The number of anilines is 1. The van der Waals surface area contributed by atoms with Crippen LogP contribution in [0.15, 0.2) is 48.5 Å². The van der Waals surface area contributed by atoms with Crippen LogP contribution in [0.25, 0.3) is 0 Å². The van der Waals surface area contributed by atoms with Crippen molar-refractivity contribution in [1.29, 1.82) is 0 Å². The van der Waals surface area contributed by atoms with Gasteiger partial charge in [-0.1, -0.05) is 41.5 Å². The first kappa shape index (κ1) is 15.1. The van der Waals surface area contributed by atoms with Gasteiger partial charge in [-0.2, -0.15) is 4.80 Å². The number of ether oxygens (including phenoxy) is 1. The number of para-hydroxylation sites is 2. The zero-order valence-corrected chi connectivity index (χ0v) is 14.0. The smallest absolute Gasteiger partial charge is 0.270 e. The normalized spacial score (nSPS) is 15.7. The third-order valence-corrected chi connectivity index (χ3v) is 4.75. The van der Waals surface area contributed by atoms with E-state index < -0.39 is 5.92 Å². The van der Waals surface area contributed by atoms with Gasteiger partial charge in [0.25, 0.3) is 5.95 Å². The highest BCUT2D eigenvalue weighted by Crippen LogP contribution is 2.44. The SMILES string of the molecule is O=C(Nc1nnn(CC2CC2)n1)C1c2ccccc2Oc2ccccc21. The summed E-state index contributed by atoms with van der Waals surface area (Å²) in [6.45, 7) is 0.756. The Morgan fingerprint density at radius 3 is 2.38 bits per heavy atom. The Morgan fingerprint density at radius 1 is 1.08 bits per heavy atom. The highest BCUT2D eigenvalue weighted by Gasteiger charge is 2.33. The predicted molar refractivity (Wildman–Crippen MR) is 94.0 cm³/mol. The van der Waals surface area contributed by atoms with Crippen molar-refractivity contribution in [2.45, 2.75) is 25.3 Å². The molecule has 1 N–H and O–H groups in total. The average molecular weight is 347 g/mol. The van der Waals surface area contributed by atoms with E-state index in [0.29, 0.717) is 17.4 Å². The van der Waals surface area contributed by atoms with Crippen LogP contribution in [0.1, 0.15) is 29.9 Å². The number of carbonyl (C=O) groups is 1. The van der Waals surface area contributed by atoms with Crippen LogP contribution in [-0.4, -0.2) is 26.1 Å². The summed E-state index contributed by atoms with van der Waals surface area (Å²) in [6.07, 6.45) is 2.41. The molecule has 7 heteroatoms. The van der Waals surface area contributed by atoms with E-state index in [9.17, 15) is 4.79 Å². The first-order valence-electron chi connectivity index (χ1n) is 8.72. The maximum absolute atomic E-state index is 13.1. The summed E-state index contributed by atoms with van der Waals surface area (Å²) < 4.78 is 5.94. The van der Waals surface area contributed by atoms with Gasteiger partial charge in [0.2, 0.25) is 5.91 Å². The number of amides is 1. The standard InChI is InChI=1S/C19H17N5O2/c25-18(20-19-21-23-24(22-19)11-12-9-10-12)17-13-5-1-3-7-15(13)26-16-8-4-2-6-14(16)17/h1-8,12,17H,9-11H2,(H,20,22,25). The van der Waals surface area contributed by atoms with E-state index in [4.69, 9.17) is 4.74 Å². The number of hydrogen-bond donors (Lipinski definition) is 1. The fraction of sp³-hybridized carbons (Fsp3) is 0.263. The number of nitrogens with one attached hydrogen (secondary N) is 1. The number of aromatic nitrogens is 4. The van der Waals surface area contributed by atoms with Crippen LogP contribution in [0.5, 0.6) is 11.5 Å². The van der Waals surface area contributed by atoms with Crippen LogP contribution in [0, 0.1) is 5.92 Å². The average Bonchev–Trinajstić information content (AvgIpc) is 3.37. The Balaban J connectivity index is 1.45. The van der Waals surface area contributed by atoms with Crippen LogP contribution in [0.4, 0.5) is 5.95 Å². The highest BCUT2D eigenvalue weighted by molar-refractivity contribution is 5.98. The minimum Gasteiger partial charge on any atom is -0.457 e. The van der Waals surface area contributed by atoms with Gasteiger partial charge in [0, 0.05) is 11.1 Å². The summed E-state index contributed by atoms with van der Waals surface area (Å²) in [5.74, 6) is 1.58. The Labute approximate surface area is 150 Å². The van der Waals surface area contributed by atoms with E-state index in [1.807, 2.05) is 48.5 Å². The topological polar surface area (TPSA) is 81.9 Å². The number of tetrazole rings is 1. The summed E-state index contributed by atoms with van der Waals surface area (Å²) in [7, 11) is 0. The Bertz CT molecular complexity index is 934. The van der Waals surface area contributed by atoms with Crippen LogP contribution in [0.3, 0.4) is 0 Å². The molecule has 26 heavy (non-hydrogen) atoms. The first-order chi connectivity index (χ1) is 12.8. The van der Waals surface area contributed by atoms with E-state index in [1.54, 1.807) is 4.80 Å². The van der Waals surface area contributed by atoms with Gasteiger partial charge in [0.15, 0.2) is 0 Å². The van der Waals surface area contributed by atoms with Crippen LogP contribution in [0.2, 0.25) is 0 Å². The molecule has 7 nitrogen and oxygen atoms in total. The molecule has 0 radical (unpaired) electrons. The molecular weight excluding hydrogens is 330 g/mol. The molecule has 0 atom stereocenters.